The summed E-state index contributed by atoms with van der Waals surface area (Å²) in [6.45, 7) is 4.86. The van der Waals surface area contributed by atoms with Crippen molar-refractivity contribution in [2.45, 2.75) is 32.9 Å². The van der Waals surface area contributed by atoms with Crippen molar-refractivity contribution in [2.24, 2.45) is 0 Å². The monoisotopic (exact) mass is 291 g/mol. The molecule has 3 heteroatoms. The maximum Gasteiger partial charge on any atom is 0.142 e. The zero-order chi connectivity index (χ0) is 14.5. The number of hydrogen-bond acceptors (Lipinski definition) is 1. The van der Waals surface area contributed by atoms with Crippen molar-refractivity contribution >= 4 is 11.6 Å². The van der Waals surface area contributed by atoms with E-state index in [1.54, 1.807) is 6.07 Å². The highest BCUT2D eigenvalue weighted by Crippen LogP contribution is 2.17. The molecule has 2 rings (SSSR count). The van der Waals surface area contributed by atoms with Crippen LogP contribution in [0.1, 0.15) is 36.6 Å². The van der Waals surface area contributed by atoms with E-state index in [-0.39, 0.29) is 16.9 Å². The summed E-state index contributed by atoms with van der Waals surface area (Å²) < 4.78 is 13.4. The summed E-state index contributed by atoms with van der Waals surface area (Å²) in [7, 11) is 0. The van der Waals surface area contributed by atoms with Crippen LogP contribution in [0.5, 0.6) is 0 Å². The fraction of sp³-hybridized carbons (Fsp3) is 0.294. The number of benzene rings is 2. The number of aryl methyl sites for hydroxylation is 1. The number of hydrogen-bond donors (Lipinski definition) is 1. The predicted octanol–water partition coefficient (Wildman–Crippen LogP) is 4.89. The Labute approximate surface area is 124 Å². The quantitative estimate of drug-likeness (QED) is 0.827. The Balaban J connectivity index is 1.96. The van der Waals surface area contributed by atoms with Gasteiger partial charge in [0.1, 0.15) is 5.82 Å². The molecule has 1 N–H and O–H groups in total. The summed E-state index contributed by atoms with van der Waals surface area (Å²) in [5.41, 5.74) is 3.46. The molecule has 1 unspecified atom stereocenters. The molecule has 0 amide bonds. The summed E-state index contributed by atoms with van der Waals surface area (Å²) in [5.74, 6) is -0.370. The molecule has 0 saturated heterocycles. The third-order valence-electron chi connectivity index (χ3n) is 3.48. The second kappa shape index (κ2) is 6.87. The second-order valence-electron chi connectivity index (χ2n) is 4.95. The van der Waals surface area contributed by atoms with Crippen LogP contribution in [-0.2, 0) is 13.0 Å². The van der Waals surface area contributed by atoms with Gasteiger partial charge in [-0.3, -0.25) is 0 Å². The van der Waals surface area contributed by atoms with Gasteiger partial charge in [0.2, 0.25) is 0 Å². The zero-order valence-corrected chi connectivity index (χ0v) is 12.5. The molecule has 0 spiro atoms. The highest BCUT2D eigenvalue weighted by atomic mass is 35.5. The van der Waals surface area contributed by atoms with Crippen LogP contribution in [0, 0.1) is 5.82 Å². The van der Waals surface area contributed by atoms with Gasteiger partial charge >= 0.3 is 0 Å². The van der Waals surface area contributed by atoms with Crippen molar-refractivity contribution in [1.29, 1.82) is 0 Å². The Morgan fingerprint density at radius 2 is 1.75 bits per heavy atom. The molecule has 0 saturated carbocycles. The molecule has 0 aliphatic rings. The van der Waals surface area contributed by atoms with Gasteiger partial charge in [-0.1, -0.05) is 48.9 Å². The second-order valence-corrected chi connectivity index (χ2v) is 5.35. The van der Waals surface area contributed by atoms with Crippen LogP contribution in [-0.4, -0.2) is 0 Å². The standard InChI is InChI=1S/C17H19ClFN/c1-3-13-4-7-15(8-5-13)12(2)20-11-14-6-9-16(18)17(19)10-14/h4-10,12,20H,3,11H2,1-2H3. The minimum Gasteiger partial charge on any atom is -0.306 e. The highest BCUT2D eigenvalue weighted by molar-refractivity contribution is 6.30. The van der Waals surface area contributed by atoms with Crippen molar-refractivity contribution in [3.05, 3.63) is 70.0 Å². The van der Waals surface area contributed by atoms with Gasteiger partial charge in [-0.15, -0.1) is 0 Å². The van der Waals surface area contributed by atoms with Crippen molar-refractivity contribution in [3.63, 3.8) is 0 Å². The average Bonchev–Trinajstić information content (AvgIpc) is 2.48. The van der Waals surface area contributed by atoms with Gasteiger partial charge in [-0.25, -0.2) is 4.39 Å². The van der Waals surface area contributed by atoms with Crippen LogP contribution in [0.25, 0.3) is 0 Å². The predicted molar refractivity (Wildman–Crippen MR) is 82.5 cm³/mol. The molecule has 0 aliphatic carbocycles. The van der Waals surface area contributed by atoms with Crippen molar-refractivity contribution in [1.82, 2.24) is 5.32 Å². The van der Waals surface area contributed by atoms with Crippen LogP contribution in [0.15, 0.2) is 42.5 Å². The molecular weight excluding hydrogens is 273 g/mol. The van der Waals surface area contributed by atoms with Gasteiger partial charge in [0, 0.05) is 12.6 Å². The van der Waals surface area contributed by atoms with E-state index < -0.39 is 0 Å². The molecule has 1 atom stereocenters. The van der Waals surface area contributed by atoms with E-state index in [9.17, 15) is 4.39 Å². The molecule has 106 valence electrons. The van der Waals surface area contributed by atoms with Gasteiger partial charge in [-0.2, -0.15) is 0 Å². The maximum atomic E-state index is 13.4. The van der Waals surface area contributed by atoms with Crippen molar-refractivity contribution in [2.75, 3.05) is 0 Å². The fourth-order valence-electron chi connectivity index (χ4n) is 2.08. The van der Waals surface area contributed by atoms with Crippen molar-refractivity contribution < 1.29 is 4.39 Å². The van der Waals surface area contributed by atoms with E-state index in [1.807, 2.05) is 6.07 Å². The molecule has 0 heterocycles. The molecule has 0 aromatic heterocycles. The van der Waals surface area contributed by atoms with Gasteiger partial charge in [0.15, 0.2) is 0 Å². The molecule has 1 nitrogen and oxygen atoms in total. The lowest BCUT2D eigenvalue weighted by atomic mass is 10.0. The topological polar surface area (TPSA) is 12.0 Å². The Kier molecular flexibility index (Phi) is 5.16. The summed E-state index contributed by atoms with van der Waals surface area (Å²) in [6, 6.07) is 13.7. The van der Waals surface area contributed by atoms with Gasteiger partial charge in [0.25, 0.3) is 0 Å². The first-order chi connectivity index (χ1) is 9.60. The SMILES string of the molecule is CCc1ccc(C(C)NCc2ccc(Cl)c(F)c2)cc1. The first kappa shape index (κ1) is 15.0. The zero-order valence-electron chi connectivity index (χ0n) is 11.8. The lowest BCUT2D eigenvalue weighted by Crippen LogP contribution is -2.18. The van der Waals surface area contributed by atoms with Crippen LogP contribution in [0.2, 0.25) is 5.02 Å². The molecule has 20 heavy (non-hydrogen) atoms. The van der Waals surface area contributed by atoms with Gasteiger partial charge in [-0.05, 0) is 42.2 Å². The molecule has 0 bridgehead atoms. The summed E-state index contributed by atoms with van der Waals surface area (Å²) >= 11 is 5.67. The molecular formula is C17H19ClFN. The van der Waals surface area contributed by atoms with Crippen LogP contribution in [0.4, 0.5) is 4.39 Å². The fourth-order valence-corrected chi connectivity index (χ4v) is 2.20. The largest absolute Gasteiger partial charge is 0.306 e. The summed E-state index contributed by atoms with van der Waals surface area (Å²) in [4.78, 5) is 0. The third-order valence-corrected chi connectivity index (χ3v) is 3.79. The normalized spacial score (nSPS) is 12.4. The minimum absolute atomic E-state index is 0.164. The first-order valence-corrected chi connectivity index (χ1v) is 7.24. The smallest absolute Gasteiger partial charge is 0.142 e. The lowest BCUT2D eigenvalue weighted by molar-refractivity contribution is 0.569. The van der Waals surface area contributed by atoms with E-state index in [0.29, 0.717) is 6.54 Å². The van der Waals surface area contributed by atoms with E-state index in [4.69, 9.17) is 11.6 Å². The van der Waals surface area contributed by atoms with Crippen LogP contribution >= 0.6 is 11.6 Å². The van der Waals surface area contributed by atoms with E-state index in [0.717, 1.165) is 12.0 Å². The molecule has 0 radical (unpaired) electrons. The number of rotatable bonds is 5. The van der Waals surface area contributed by atoms with Crippen LogP contribution < -0.4 is 5.32 Å². The van der Waals surface area contributed by atoms with Gasteiger partial charge in [0.05, 0.1) is 5.02 Å². The average molecular weight is 292 g/mol. The first-order valence-electron chi connectivity index (χ1n) is 6.86. The van der Waals surface area contributed by atoms with Crippen molar-refractivity contribution in [3.8, 4) is 0 Å². The molecule has 2 aromatic carbocycles. The highest BCUT2D eigenvalue weighted by Gasteiger charge is 2.06. The lowest BCUT2D eigenvalue weighted by Gasteiger charge is -2.15. The molecule has 2 aromatic rings. The van der Waals surface area contributed by atoms with Gasteiger partial charge < -0.3 is 5.32 Å². The molecule has 0 fully saturated rings. The third kappa shape index (κ3) is 3.81. The number of halogens is 2. The summed E-state index contributed by atoms with van der Waals surface area (Å²) in [5, 5.41) is 3.55. The Hall–Kier alpha value is -1.38. The van der Waals surface area contributed by atoms with Crippen LogP contribution in [0.3, 0.4) is 0 Å². The van der Waals surface area contributed by atoms with E-state index >= 15 is 0 Å². The summed E-state index contributed by atoms with van der Waals surface area (Å²) in [6.07, 6.45) is 1.05. The Morgan fingerprint density at radius 3 is 2.35 bits per heavy atom. The molecule has 0 aliphatic heterocycles. The van der Waals surface area contributed by atoms with E-state index in [1.165, 1.54) is 17.2 Å². The number of nitrogens with one attached hydrogen (secondary N) is 1. The maximum absolute atomic E-state index is 13.4. The Morgan fingerprint density at radius 1 is 1.10 bits per heavy atom. The van der Waals surface area contributed by atoms with E-state index in [2.05, 4.69) is 43.4 Å². The minimum atomic E-state index is -0.370. The Bertz CT molecular complexity index is 566.